The maximum absolute atomic E-state index is 13.1. The Kier molecular flexibility index (Phi) is 5.73. The molecule has 0 bridgehead atoms. The molecule has 0 aliphatic carbocycles. The van der Waals surface area contributed by atoms with Crippen molar-refractivity contribution in [3.63, 3.8) is 0 Å². The molecule has 2 heterocycles. The van der Waals surface area contributed by atoms with Gasteiger partial charge >= 0.3 is 0 Å². The number of ketones is 2. The molecule has 1 fully saturated rings. The standard InChI is InChI=1S/C22H25NO6/c1-4-5-6-10-13-16-14(2)17(24)21(29-16)19(26)22(28-3,23-20(21)27)18(25)15-11-8-7-9-12-15/h5-9,11-12,19,26H,4,10,13H2,1-3H3,(H,23,27)/b6-5+. The fraction of sp³-hybridized carbons (Fsp3) is 0.409. The topological polar surface area (TPSA) is 102 Å². The summed E-state index contributed by atoms with van der Waals surface area (Å²) in [5.74, 6) is -1.87. The van der Waals surface area contributed by atoms with Crippen molar-refractivity contribution in [2.75, 3.05) is 7.11 Å². The molecule has 1 saturated heterocycles. The molecule has 0 aromatic heterocycles. The van der Waals surface area contributed by atoms with Crippen LogP contribution in [0.3, 0.4) is 0 Å². The van der Waals surface area contributed by atoms with Crippen molar-refractivity contribution < 1.29 is 29.0 Å². The van der Waals surface area contributed by atoms with E-state index in [-0.39, 0.29) is 11.1 Å². The van der Waals surface area contributed by atoms with Crippen LogP contribution in [0, 0.1) is 0 Å². The van der Waals surface area contributed by atoms with Crippen molar-refractivity contribution >= 4 is 17.5 Å². The molecule has 2 aliphatic rings. The van der Waals surface area contributed by atoms with Crippen molar-refractivity contribution in [3.8, 4) is 0 Å². The quantitative estimate of drug-likeness (QED) is 0.413. The summed E-state index contributed by atoms with van der Waals surface area (Å²) in [5, 5.41) is 13.5. The van der Waals surface area contributed by atoms with Gasteiger partial charge in [0.25, 0.3) is 11.5 Å². The van der Waals surface area contributed by atoms with Gasteiger partial charge in [-0.1, -0.05) is 49.4 Å². The molecule has 7 nitrogen and oxygen atoms in total. The highest BCUT2D eigenvalue weighted by Gasteiger charge is 2.73. The molecule has 3 atom stereocenters. The number of ether oxygens (including phenoxy) is 2. The van der Waals surface area contributed by atoms with E-state index in [1.807, 2.05) is 19.1 Å². The van der Waals surface area contributed by atoms with E-state index in [9.17, 15) is 19.5 Å². The van der Waals surface area contributed by atoms with Gasteiger partial charge < -0.3 is 19.9 Å². The number of Topliss-reactive ketones (excluding diaryl/α,β-unsaturated/α-hetero) is 2. The van der Waals surface area contributed by atoms with E-state index in [0.29, 0.717) is 18.6 Å². The minimum absolute atomic E-state index is 0.228. The highest BCUT2D eigenvalue weighted by Crippen LogP contribution is 2.44. The molecule has 0 saturated carbocycles. The molecular formula is C22H25NO6. The van der Waals surface area contributed by atoms with Gasteiger partial charge in [-0.2, -0.15) is 0 Å². The van der Waals surface area contributed by atoms with Crippen LogP contribution in [-0.4, -0.2) is 47.1 Å². The second kappa shape index (κ2) is 7.93. The summed E-state index contributed by atoms with van der Waals surface area (Å²) in [5.41, 5.74) is -3.85. The third kappa shape index (κ3) is 3.10. The second-order valence-corrected chi connectivity index (χ2v) is 7.12. The summed E-state index contributed by atoms with van der Waals surface area (Å²) in [6, 6.07) is 8.12. The monoisotopic (exact) mass is 399 g/mol. The lowest BCUT2D eigenvalue weighted by Gasteiger charge is -2.32. The molecule has 29 heavy (non-hydrogen) atoms. The number of allylic oxidation sites excluding steroid dienone is 3. The van der Waals surface area contributed by atoms with Gasteiger partial charge in [0.1, 0.15) is 5.76 Å². The average molecular weight is 399 g/mol. The van der Waals surface area contributed by atoms with Crippen molar-refractivity contribution in [1.82, 2.24) is 5.32 Å². The Balaban J connectivity index is 1.94. The lowest BCUT2D eigenvalue weighted by atomic mass is 9.85. The number of aliphatic hydroxyl groups excluding tert-OH is 1. The molecule has 1 aromatic rings. The van der Waals surface area contributed by atoms with Crippen LogP contribution >= 0.6 is 0 Å². The highest BCUT2D eigenvalue weighted by molar-refractivity contribution is 6.23. The zero-order valence-electron chi connectivity index (χ0n) is 16.7. The number of benzene rings is 1. The van der Waals surface area contributed by atoms with Crippen LogP contribution < -0.4 is 5.32 Å². The number of amides is 1. The van der Waals surface area contributed by atoms with Crippen molar-refractivity contribution in [2.24, 2.45) is 0 Å². The van der Waals surface area contributed by atoms with Gasteiger partial charge in [0.2, 0.25) is 17.3 Å². The van der Waals surface area contributed by atoms with E-state index in [1.54, 1.807) is 37.3 Å². The van der Waals surface area contributed by atoms with Crippen LogP contribution in [0.25, 0.3) is 0 Å². The molecule has 1 aromatic carbocycles. The third-order valence-electron chi connectivity index (χ3n) is 5.42. The summed E-state index contributed by atoms with van der Waals surface area (Å²) in [4.78, 5) is 39.1. The summed E-state index contributed by atoms with van der Waals surface area (Å²) in [6.45, 7) is 3.57. The van der Waals surface area contributed by atoms with Gasteiger partial charge in [0.15, 0.2) is 6.10 Å². The molecule has 154 valence electrons. The number of carbonyl (C=O) groups is 3. The number of nitrogens with one attached hydrogen (secondary N) is 1. The fourth-order valence-corrected chi connectivity index (χ4v) is 3.77. The van der Waals surface area contributed by atoms with Gasteiger partial charge in [0, 0.05) is 24.7 Å². The van der Waals surface area contributed by atoms with Crippen molar-refractivity contribution in [2.45, 2.75) is 50.5 Å². The molecule has 2 aliphatic heterocycles. The Bertz CT molecular complexity index is 890. The van der Waals surface area contributed by atoms with Gasteiger partial charge in [-0.15, -0.1) is 0 Å². The molecule has 3 unspecified atom stereocenters. The zero-order chi connectivity index (χ0) is 21.2. The van der Waals surface area contributed by atoms with E-state index in [4.69, 9.17) is 9.47 Å². The first-order valence-corrected chi connectivity index (χ1v) is 9.59. The summed E-state index contributed by atoms with van der Waals surface area (Å²) < 4.78 is 11.1. The highest BCUT2D eigenvalue weighted by atomic mass is 16.6. The van der Waals surface area contributed by atoms with Crippen LogP contribution in [0.2, 0.25) is 0 Å². The fourth-order valence-electron chi connectivity index (χ4n) is 3.77. The number of methoxy groups -OCH3 is 1. The van der Waals surface area contributed by atoms with Gasteiger partial charge in [-0.25, -0.2) is 0 Å². The van der Waals surface area contributed by atoms with E-state index < -0.39 is 34.9 Å². The number of hydrogen-bond donors (Lipinski definition) is 2. The smallest absolute Gasteiger partial charge is 0.278 e. The Morgan fingerprint density at radius 3 is 2.59 bits per heavy atom. The van der Waals surface area contributed by atoms with E-state index >= 15 is 0 Å². The lowest BCUT2D eigenvalue weighted by Crippen LogP contribution is -2.60. The van der Waals surface area contributed by atoms with Crippen LogP contribution in [-0.2, 0) is 19.1 Å². The summed E-state index contributed by atoms with van der Waals surface area (Å²) >= 11 is 0. The molecule has 3 rings (SSSR count). The lowest BCUT2D eigenvalue weighted by molar-refractivity contribution is -0.160. The number of carbonyl (C=O) groups excluding carboxylic acids is 3. The van der Waals surface area contributed by atoms with Crippen LogP contribution in [0.1, 0.15) is 43.5 Å². The predicted molar refractivity (Wildman–Crippen MR) is 105 cm³/mol. The largest absolute Gasteiger partial charge is 0.470 e. The maximum atomic E-state index is 13.1. The minimum atomic E-state index is -2.23. The first kappa shape index (κ1) is 21.0. The summed E-state index contributed by atoms with van der Waals surface area (Å²) in [7, 11) is 1.19. The second-order valence-electron chi connectivity index (χ2n) is 7.12. The van der Waals surface area contributed by atoms with Gasteiger partial charge in [-0.3, -0.25) is 14.4 Å². The van der Waals surface area contributed by atoms with Crippen molar-refractivity contribution in [3.05, 3.63) is 59.4 Å². The Hall–Kier alpha value is -2.77. The first-order chi connectivity index (χ1) is 13.8. The van der Waals surface area contributed by atoms with E-state index in [2.05, 4.69) is 5.32 Å². The molecule has 0 radical (unpaired) electrons. The zero-order valence-corrected chi connectivity index (χ0v) is 16.7. The van der Waals surface area contributed by atoms with Crippen LogP contribution in [0.4, 0.5) is 0 Å². The minimum Gasteiger partial charge on any atom is -0.470 e. The van der Waals surface area contributed by atoms with Crippen molar-refractivity contribution in [1.29, 1.82) is 0 Å². The van der Waals surface area contributed by atoms with E-state index in [0.717, 1.165) is 6.42 Å². The predicted octanol–water partition coefficient (Wildman–Crippen LogP) is 2.06. The Morgan fingerprint density at radius 2 is 1.97 bits per heavy atom. The normalized spacial score (nSPS) is 29.0. The average Bonchev–Trinajstić information content (AvgIpc) is 3.13. The SMILES string of the molecule is CC/C=C/CCC1=C(C)C(=O)C2(O1)C(=O)NC(OC)(C(=O)c1ccccc1)C2O. The van der Waals surface area contributed by atoms with Gasteiger partial charge in [-0.05, 0) is 19.8 Å². The molecule has 1 spiro atoms. The molecule has 7 heteroatoms. The molecule has 1 amide bonds. The third-order valence-corrected chi connectivity index (χ3v) is 5.42. The molecular weight excluding hydrogens is 374 g/mol. The first-order valence-electron chi connectivity index (χ1n) is 9.59. The maximum Gasteiger partial charge on any atom is 0.278 e. The number of hydrogen-bond acceptors (Lipinski definition) is 6. The van der Waals surface area contributed by atoms with Crippen LogP contribution in [0.15, 0.2) is 53.8 Å². The van der Waals surface area contributed by atoms with Crippen LogP contribution in [0.5, 0.6) is 0 Å². The number of rotatable bonds is 7. The van der Waals surface area contributed by atoms with E-state index in [1.165, 1.54) is 7.11 Å². The molecule has 2 N–H and O–H groups in total. The number of aliphatic hydroxyl groups is 1. The Labute approximate surface area is 169 Å². The Morgan fingerprint density at radius 1 is 1.28 bits per heavy atom. The summed E-state index contributed by atoms with van der Waals surface area (Å²) in [6.07, 6.45) is 4.02. The van der Waals surface area contributed by atoms with Gasteiger partial charge in [0.05, 0.1) is 0 Å².